The third-order valence-corrected chi connectivity index (χ3v) is 9.28. The summed E-state index contributed by atoms with van der Waals surface area (Å²) in [5, 5.41) is 2.66. The summed E-state index contributed by atoms with van der Waals surface area (Å²) < 4.78 is 2.68. The van der Waals surface area contributed by atoms with Crippen LogP contribution in [0.3, 0.4) is 0 Å². The first-order valence-electron chi connectivity index (χ1n) is 16.0. The number of pyridine rings is 2. The SMILES string of the molecule is CC(C)Cc1cccc(-c2[c-]cccc2)n1.[Ir].[c-]1ccc(-c2cccc(-c3cccc4c3sc3ccccc34)c2)cc1-c1ccccn1. The summed E-state index contributed by atoms with van der Waals surface area (Å²) in [7, 11) is 0. The first-order valence-corrected chi connectivity index (χ1v) is 16.8. The van der Waals surface area contributed by atoms with Crippen LogP contribution in [0.4, 0.5) is 0 Å². The van der Waals surface area contributed by atoms with Gasteiger partial charge in [0.05, 0.1) is 0 Å². The van der Waals surface area contributed by atoms with E-state index in [-0.39, 0.29) is 20.1 Å². The van der Waals surface area contributed by atoms with E-state index in [1.807, 2.05) is 72.1 Å². The third-order valence-electron chi connectivity index (χ3n) is 8.06. The van der Waals surface area contributed by atoms with Crippen LogP contribution in [0, 0.1) is 18.1 Å². The van der Waals surface area contributed by atoms with Crippen LogP contribution in [-0.4, -0.2) is 9.97 Å². The van der Waals surface area contributed by atoms with Crippen molar-refractivity contribution in [3.8, 4) is 44.8 Å². The van der Waals surface area contributed by atoms with Crippen LogP contribution in [0.5, 0.6) is 0 Å². The molecule has 2 nitrogen and oxygen atoms in total. The molecule has 0 spiro atoms. The van der Waals surface area contributed by atoms with Gasteiger partial charge in [-0.2, -0.15) is 0 Å². The Balaban J connectivity index is 0.000000201. The maximum atomic E-state index is 4.65. The maximum Gasteiger partial charge on any atom is 0.0433 e. The Kier molecular flexibility index (Phi) is 10.7. The fourth-order valence-corrected chi connectivity index (χ4v) is 7.11. The van der Waals surface area contributed by atoms with Gasteiger partial charge < -0.3 is 9.97 Å². The van der Waals surface area contributed by atoms with Gasteiger partial charge in [-0.25, -0.2) is 0 Å². The average molecular weight is 815 g/mol. The fourth-order valence-electron chi connectivity index (χ4n) is 5.87. The standard InChI is InChI=1S/C29H18NS.C15H16N.Ir/c1-2-16-28-25(12-1)26-14-7-13-24(29(26)31-28)22-10-5-8-20(18-22)21-9-6-11-23(19-21)27-15-3-4-17-30-27;1-12(2)11-14-9-6-10-15(16-14)13-7-4-3-5-8-13;/h1-10,12-19H;3-7,9-10,12H,11H2,1-2H3;/q2*-1;. The minimum atomic E-state index is 0. The van der Waals surface area contributed by atoms with Crippen molar-refractivity contribution in [3.63, 3.8) is 0 Å². The molecule has 4 heteroatoms. The Hall–Kier alpha value is -4.73. The number of hydrogen-bond acceptors (Lipinski definition) is 3. The van der Waals surface area contributed by atoms with Crippen LogP contribution >= 0.6 is 11.3 Å². The summed E-state index contributed by atoms with van der Waals surface area (Å²) in [5.41, 5.74) is 10.1. The zero-order chi connectivity index (χ0) is 32.0. The molecule has 0 N–H and O–H groups in total. The third kappa shape index (κ3) is 7.53. The molecule has 0 fully saturated rings. The molecule has 0 unspecified atom stereocenters. The van der Waals surface area contributed by atoms with E-state index in [0.717, 1.165) is 34.6 Å². The molecule has 3 heterocycles. The zero-order valence-corrected chi connectivity index (χ0v) is 30.1. The Bertz CT molecular complexity index is 2260. The fraction of sp³-hybridized carbons (Fsp3) is 0.0909. The molecule has 0 aliphatic heterocycles. The molecule has 8 rings (SSSR count). The number of nitrogens with zero attached hydrogens (tertiary/aromatic N) is 2. The second-order valence-corrected chi connectivity index (χ2v) is 13.0. The minimum Gasteiger partial charge on any atom is -0.305 e. The van der Waals surface area contributed by atoms with Gasteiger partial charge in [0.15, 0.2) is 0 Å². The van der Waals surface area contributed by atoms with Crippen molar-refractivity contribution in [2.75, 3.05) is 0 Å². The molecule has 3 aromatic heterocycles. The molecule has 48 heavy (non-hydrogen) atoms. The van der Waals surface area contributed by atoms with E-state index in [0.29, 0.717) is 5.92 Å². The molecule has 0 aliphatic rings. The quantitative estimate of drug-likeness (QED) is 0.156. The van der Waals surface area contributed by atoms with Crippen LogP contribution in [0.1, 0.15) is 19.5 Å². The summed E-state index contributed by atoms with van der Waals surface area (Å²) in [6, 6.07) is 57.0. The molecule has 0 saturated heterocycles. The largest absolute Gasteiger partial charge is 0.305 e. The average Bonchev–Trinajstić information content (AvgIpc) is 3.52. The van der Waals surface area contributed by atoms with E-state index < -0.39 is 0 Å². The topological polar surface area (TPSA) is 25.8 Å². The number of hydrogen-bond donors (Lipinski definition) is 0. The van der Waals surface area contributed by atoms with Gasteiger partial charge in [-0.05, 0) is 64.7 Å². The number of aromatic nitrogens is 2. The summed E-state index contributed by atoms with van der Waals surface area (Å²) in [6.45, 7) is 4.42. The zero-order valence-electron chi connectivity index (χ0n) is 26.9. The molecule has 0 aliphatic carbocycles. The van der Waals surface area contributed by atoms with Gasteiger partial charge in [-0.15, -0.1) is 82.6 Å². The van der Waals surface area contributed by atoms with Crippen LogP contribution in [0.15, 0.2) is 152 Å². The van der Waals surface area contributed by atoms with Gasteiger partial charge in [0.25, 0.3) is 0 Å². The van der Waals surface area contributed by atoms with Gasteiger partial charge in [-0.3, -0.25) is 0 Å². The van der Waals surface area contributed by atoms with E-state index in [9.17, 15) is 0 Å². The van der Waals surface area contributed by atoms with Crippen LogP contribution in [0.25, 0.3) is 64.9 Å². The number of rotatable bonds is 6. The normalized spacial score (nSPS) is 10.8. The molecular weight excluding hydrogens is 781 g/mol. The molecule has 5 aromatic carbocycles. The molecule has 0 bridgehead atoms. The van der Waals surface area contributed by atoms with E-state index in [1.165, 1.54) is 42.4 Å². The van der Waals surface area contributed by atoms with Gasteiger partial charge in [0.2, 0.25) is 0 Å². The first kappa shape index (κ1) is 33.2. The van der Waals surface area contributed by atoms with E-state index in [2.05, 4.69) is 127 Å². The monoisotopic (exact) mass is 815 g/mol. The Labute approximate surface area is 300 Å². The minimum absolute atomic E-state index is 0. The van der Waals surface area contributed by atoms with Crippen LogP contribution < -0.4 is 0 Å². The van der Waals surface area contributed by atoms with Crippen molar-refractivity contribution < 1.29 is 20.1 Å². The number of thiophene rings is 1. The van der Waals surface area contributed by atoms with Crippen molar-refractivity contribution in [1.82, 2.24) is 9.97 Å². The number of benzene rings is 5. The van der Waals surface area contributed by atoms with Crippen molar-refractivity contribution in [3.05, 3.63) is 170 Å². The first-order chi connectivity index (χ1) is 23.1. The molecule has 8 aromatic rings. The van der Waals surface area contributed by atoms with Gasteiger partial charge in [0.1, 0.15) is 0 Å². The summed E-state index contributed by atoms with van der Waals surface area (Å²) in [6.07, 6.45) is 2.85. The predicted molar refractivity (Wildman–Crippen MR) is 199 cm³/mol. The van der Waals surface area contributed by atoms with Crippen molar-refractivity contribution in [1.29, 1.82) is 0 Å². The van der Waals surface area contributed by atoms with Gasteiger partial charge in [0, 0.05) is 52.2 Å². The second kappa shape index (κ2) is 15.4. The van der Waals surface area contributed by atoms with E-state index >= 15 is 0 Å². The molecule has 0 amide bonds. The Morgan fingerprint density at radius 1 is 0.604 bits per heavy atom. The summed E-state index contributed by atoms with van der Waals surface area (Å²) in [4.78, 5) is 9.13. The molecule has 0 saturated carbocycles. The van der Waals surface area contributed by atoms with E-state index in [1.54, 1.807) is 0 Å². The maximum absolute atomic E-state index is 4.65. The smallest absolute Gasteiger partial charge is 0.0433 e. The predicted octanol–water partition coefficient (Wildman–Crippen LogP) is 12.0. The number of fused-ring (bicyclic) bond motifs is 3. The Morgan fingerprint density at radius 3 is 2.17 bits per heavy atom. The van der Waals surface area contributed by atoms with Gasteiger partial charge >= 0.3 is 0 Å². The summed E-state index contributed by atoms with van der Waals surface area (Å²) >= 11 is 1.87. The van der Waals surface area contributed by atoms with Gasteiger partial charge in [-0.1, -0.05) is 92.7 Å². The molecule has 1 radical (unpaired) electrons. The molecule has 0 atom stereocenters. The van der Waals surface area contributed by atoms with Crippen LogP contribution in [-0.2, 0) is 26.5 Å². The summed E-state index contributed by atoms with van der Waals surface area (Å²) in [5.74, 6) is 0.641. The Morgan fingerprint density at radius 2 is 1.33 bits per heavy atom. The van der Waals surface area contributed by atoms with Crippen molar-refractivity contribution in [2.24, 2.45) is 5.92 Å². The van der Waals surface area contributed by atoms with Crippen molar-refractivity contribution >= 4 is 31.5 Å². The molecule has 237 valence electrons. The van der Waals surface area contributed by atoms with Crippen LogP contribution in [0.2, 0.25) is 0 Å². The molecular formula is C44H34IrN2S-2. The van der Waals surface area contributed by atoms with E-state index in [4.69, 9.17) is 0 Å². The van der Waals surface area contributed by atoms with Crippen molar-refractivity contribution in [2.45, 2.75) is 20.3 Å². The second-order valence-electron chi connectivity index (χ2n) is 12.0.